The molecule has 3 N–H and O–H groups in total. The van der Waals surface area contributed by atoms with Crippen LogP contribution in [0, 0.1) is 0 Å². The maximum absolute atomic E-state index is 11.2. The van der Waals surface area contributed by atoms with Gasteiger partial charge < -0.3 is 25.4 Å². The maximum Gasteiger partial charge on any atom is 0.221 e. The third-order valence-corrected chi connectivity index (χ3v) is 7.35. The van der Waals surface area contributed by atoms with E-state index in [4.69, 9.17) is 4.74 Å². The number of anilines is 2. The monoisotopic (exact) mass is 517 g/mol. The van der Waals surface area contributed by atoms with E-state index in [1.807, 2.05) is 18.2 Å². The minimum atomic E-state index is -0.636. The third kappa shape index (κ3) is 6.25. The van der Waals surface area contributed by atoms with Crippen molar-refractivity contribution in [3.05, 3.63) is 66.3 Å². The zero-order valence-electron chi connectivity index (χ0n) is 20.8. The first kappa shape index (κ1) is 25.1. The number of rotatable bonds is 9. The van der Waals surface area contributed by atoms with Crippen LogP contribution >= 0.6 is 11.3 Å². The van der Waals surface area contributed by atoms with Crippen LogP contribution in [0.3, 0.4) is 0 Å². The van der Waals surface area contributed by atoms with E-state index >= 15 is 0 Å². The number of aromatic nitrogens is 2. The molecule has 8 nitrogen and oxygen atoms in total. The van der Waals surface area contributed by atoms with Gasteiger partial charge in [-0.15, -0.1) is 11.3 Å². The number of piperidine rings is 1. The van der Waals surface area contributed by atoms with Gasteiger partial charge in [-0.3, -0.25) is 4.79 Å². The molecule has 37 heavy (non-hydrogen) atoms. The fourth-order valence-electron chi connectivity index (χ4n) is 4.65. The molecule has 0 aliphatic carbocycles. The van der Waals surface area contributed by atoms with Crippen molar-refractivity contribution in [2.24, 2.45) is 0 Å². The summed E-state index contributed by atoms with van der Waals surface area (Å²) < 4.78 is 5.72. The molecule has 1 fully saturated rings. The first-order chi connectivity index (χ1) is 18.1. The molecule has 1 saturated heterocycles. The lowest BCUT2D eigenvalue weighted by molar-refractivity contribution is -0.114. The Morgan fingerprint density at radius 2 is 1.97 bits per heavy atom. The number of nitrogens with one attached hydrogen (secondary N) is 2. The molecule has 0 bridgehead atoms. The molecule has 1 aliphatic heterocycles. The standard InChI is InChI=1S/C28H31N5O3S/c1-19(34)32-22-8-5-9-24(14-22)36-16-23(35)15-29-21-10-12-33(13-11-21)27-26-25(20-6-3-2-4-7-20)17-37-28(26)31-18-30-27/h2-9,14,17-18,21,23,29,35H,10-13,15-16H2,1H3,(H,32,34). The average Bonchev–Trinajstić information content (AvgIpc) is 3.36. The number of amides is 1. The number of ether oxygens (including phenoxy) is 1. The summed E-state index contributed by atoms with van der Waals surface area (Å²) in [6, 6.07) is 17.9. The van der Waals surface area contributed by atoms with Gasteiger partial charge in [0.15, 0.2) is 0 Å². The van der Waals surface area contributed by atoms with E-state index in [9.17, 15) is 9.90 Å². The normalized spacial score (nSPS) is 15.0. The lowest BCUT2D eigenvalue weighted by Gasteiger charge is -2.34. The Morgan fingerprint density at radius 1 is 1.16 bits per heavy atom. The fourth-order valence-corrected chi connectivity index (χ4v) is 5.56. The van der Waals surface area contributed by atoms with E-state index in [0.717, 1.165) is 42.0 Å². The number of carbonyl (C=O) groups excluding carboxylic acids is 1. The summed E-state index contributed by atoms with van der Waals surface area (Å²) in [4.78, 5) is 23.8. The second-order valence-corrected chi connectivity index (χ2v) is 10.1. The van der Waals surface area contributed by atoms with E-state index in [-0.39, 0.29) is 12.5 Å². The predicted molar refractivity (Wildman–Crippen MR) is 148 cm³/mol. The van der Waals surface area contributed by atoms with Crippen LogP contribution in [0.1, 0.15) is 19.8 Å². The molecule has 1 aliphatic rings. The number of nitrogens with zero attached hydrogens (tertiary/aromatic N) is 3. The van der Waals surface area contributed by atoms with E-state index in [2.05, 4.69) is 55.1 Å². The Hall–Kier alpha value is -3.53. The molecule has 3 heterocycles. The van der Waals surface area contributed by atoms with Crippen LogP contribution < -0.4 is 20.3 Å². The molecule has 9 heteroatoms. The molecule has 0 radical (unpaired) electrons. The second kappa shape index (κ2) is 11.7. The van der Waals surface area contributed by atoms with Crippen LogP contribution in [0.2, 0.25) is 0 Å². The van der Waals surface area contributed by atoms with Crippen LogP contribution in [0.5, 0.6) is 5.75 Å². The predicted octanol–water partition coefficient (Wildman–Crippen LogP) is 4.32. The maximum atomic E-state index is 11.2. The van der Waals surface area contributed by atoms with Crippen LogP contribution in [0.25, 0.3) is 21.3 Å². The molecule has 0 saturated carbocycles. The smallest absolute Gasteiger partial charge is 0.221 e. The van der Waals surface area contributed by atoms with Gasteiger partial charge in [0.25, 0.3) is 0 Å². The molecule has 2 aromatic carbocycles. The van der Waals surface area contributed by atoms with Gasteiger partial charge in [0.2, 0.25) is 5.91 Å². The molecule has 5 rings (SSSR count). The molecule has 192 valence electrons. The number of aliphatic hydroxyl groups excluding tert-OH is 1. The highest BCUT2D eigenvalue weighted by Gasteiger charge is 2.24. The highest BCUT2D eigenvalue weighted by atomic mass is 32.1. The minimum Gasteiger partial charge on any atom is -0.491 e. The lowest BCUT2D eigenvalue weighted by Crippen LogP contribution is -2.45. The topological polar surface area (TPSA) is 99.6 Å². The molecule has 4 aromatic rings. The summed E-state index contributed by atoms with van der Waals surface area (Å²) in [6.45, 7) is 3.86. The molecule has 1 unspecified atom stereocenters. The SMILES string of the molecule is CC(=O)Nc1cccc(OCC(O)CNC2CCN(c3ncnc4scc(-c5ccccc5)c34)CC2)c1. The largest absolute Gasteiger partial charge is 0.491 e. The molecule has 0 spiro atoms. The average molecular weight is 518 g/mol. The number of thiophene rings is 1. The summed E-state index contributed by atoms with van der Waals surface area (Å²) in [5, 5.41) is 20.0. The van der Waals surface area contributed by atoms with Gasteiger partial charge in [0.1, 0.15) is 35.4 Å². The van der Waals surface area contributed by atoms with Crippen molar-refractivity contribution in [3.8, 4) is 16.9 Å². The Kier molecular flexibility index (Phi) is 7.93. The number of benzene rings is 2. The van der Waals surface area contributed by atoms with Crippen molar-refractivity contribution in [3.63, 3.8) is 0 Å². The van der Waals surface area contributed by atoms with Crippen molar-refractivity contribution < 1.29 is 14.6 Å². The summed E-state index contributed by atoms with van der Waals surface area (Å²) in [6.07, 6.45) is 2.95. The minimum absolute atomic E-state index is 0.136. The Morgan fingerprint density at radius 3 is 2.76 bits per heavy atom. The second-order valence-electron chi connectivity index (χ2n) is 9.24. The van der Waals surface area contributed by atoms with Gasteiger partial charge in [0, 0.05) is 55.3 Å². The molecular formula is C28H31N5O3S. The van der Waals surface area contributed by atoms with Crippen molar-refractivity contribution in [1.29, 1.82) is 0 Å². The van der Waals surface area contributed by atoms with E-state index in [1.54, 1.807) is 29.8 Å². The van der Waals surface area contributed by atoms with Crippen molar-refractivity contribution in [1.82, 2.24) is 15.3 Å². The third-order valence-electron chi connectivity index (χ3n) is 6.47. The van der Waals surface area contributed by atoms with Gasteiger partial charge in [-0.2, -0.15) is 0 Å². The Balaban J connectivity index is 1.13. The summed E-state index contributed by atoms with van der Waals surface area (Å²) in [5.41, 5.74) is 3.03. The number of hydrogen-bond acceptors (Lipinski definition) is 8. The van der Waals surface area contributed by atoms with Gasteiger partial charge in [0.05, 0.1) is 5.39 Å². The number of fused-ring (bicyclic) bond motifs is 1. The van der Waals surface area contributed by atoms with Crippen LogP contribution in [-0.2, 0) is 4.79 Å². The van der Waals surface area contributed by atoms with Crippen LogP contribution in [-0.4, -0.2) is 59.4 Å². The first-order valence-corrected chi connectivity index (χ1v) is 13.4. The molecular weight excluding hydrogens is 486 g/mol. The van der Waals surface area contributed by atoms with E-state index in [0.29, 0.717) is 24.0 Å². The van der Waals surface area contributed by atoms with Crippen molar-refractivity contribution in [2.75, 3.05) is 36.5 Å². The van der Waals surface area contributed by atoms with Crippen LogP contribution in [0.15, 0.2) is 66.3 Å². The van der Waals surface area contributed by atoms with Gasteiger partial charge in [-0.25, -0.2) is 9.97 Å². The zero-order valence-corrected chi connectivity index (χ0v) is 21.6. The summed E-state index contributed by atoms with van der Waals surface area (Å²) in [5.74, 6) is 1.47. The fraction of sp³-hybridized carbons (Fsp3) is 0.321. The van der Waals surface area contributed by atoms with Crippen LogP contribution in [0.4, 0.5) is 11.5 Å². The van der Waals surface area contributed by atoms with Gasteiger partial charge in [-0.05, 0) is 30.5 Å². The van der Waals surface area contributed by atoms with Crippen molar-refractivity contribution in [2.45, 2.75) is 31.9 Å². The molecule has 2 aromatic heterocycles. The molecule has 1 atom stereocenters. The highest BCUT2D eigenvalue weighted by molar-refractivity contribution is 7.17. The lowest BCUT2D eigenvalue weighted by atomic mass is 10.0. The quantitative estimate of drug-likeness (QED) is 0.304. The zero-order chi connectivity index (χ0) is 25.6. The Labute approximate surface area is 220 Å². The van der Waals surface area contributed by atoms with Gasteiger partial charge >= 0.3 is 0 Å². The summed E-state index contributed by atoms with van der Waals surface area (Å²) in [7, 11) is 0. The number of hydrogen-bond donors (Lipinski definition) is 3. The van der Waals surface area contributed by atoms with Gasteiger partial charge in [-0.1, -0.05) is 36.4 Å². The summed E-state index contributed by atoms with van der Waals surface area (Å²) >= 11 is 1.66. The van der Waals surface area contributed by atoms with Crippen molar-refractivity contribution >= 4 is 39.0 Å². The first-order valence-electron chi connectivity index (χ1n) is 12.5. The van der Waals surface area contributed by atoms with E-state index < -0.39 is 6.10 Å². The van der Waals surface area contributed by atoms with E-state index in [1.165, 1.54) is 18.1 Å². The molecule has 1 amide bonds. The Bertz CT molecular complexity index is 1340. The number of aliphatic hydroxyl groups is 1. The highest BCUT2D eigenvalue weighted by Crippen LogP contribution is 2.38. The number of carbonyl (C=O) groups is 1.